The van der Waals surface area contributed by atoms with Gasteiger partial charge in [-0.3, -0.25) is 23.2 Å². The molecule has 2 aliphatic heterocycles. The number of carbonyl (C=O) groups is 2. The Hall–Kier alpha value is -4.29. The highest BCUT2D eigenvalue weighted by Crippen LogP contribution is 2.37. The molecule has 7 rings (SSSR count). The molecule has 2 atom stereocenters. The van der Waals surface area contributed by atoms with E-state index in [1.54, 1.807) is 12.4 Å². The second-order valence-electron chi connectivity index (χ2n) is 11.8. The minimum Gasteiger partial charge on any atom is -0.352 e. The van der Waals surface area contributed by atoms with Crippen LogP contribution in [0.5, 0.6) is 0 Å². The van der Waals surface area contributed by atoms with E-state index in [-0.39, 0.29) is 29.5 Å². The van der Waals surface area contributed by atoms with Crippen molar-refractivity contribution < 1.29 is 9.59 Å². The summed E-state index contributed by atoms with van der Waals surface area (Å²) in [5.41, 5.74) is 5.70. The topological polar surface area (TPSA) is 134 Å². The summed E-state index contributed by atoms with van der Waals surface area (Å²) in [7, 11) is 0. The van der Waals surface area contributed by atoms with Gasteiger partial charge in [-0.15, -0.1) is 0 Å². The summed E-state index contributed by atoms with van der Waals surface area (Å²) in [5.74, 6) is 0.156. The Kier molecular flexibility index (Phi) is 8.48. The fourth-order valence-corrected chi connectivity index (χ4v) is 6.73. The molecule has 6 heterocycles. The Morgan fingerprint density at radius 2 is 1.41 bits per heavy atom. The van der Waals surface area contributed by atoms with Gasteiger partial charge in [-0.25, -0.2) is 9.97 Å². The van der Waals surface area contributed by atoms with Gasteiger partial charge in [-0.05, 0) is 48.2 Å². The van der Waals surface area contributed by atoms with Gasteiger partial charge in [0.15, 0.2) is 0 Å². The third-order valence-corrected chi connectivity index (χ3v) is 9.40. The number of halogens is 2. The van der Waals surface area contributed by atoms with Crippen molar-refractivity contribution in [3.8, 4) is 22.3 Å². The Bertz CT molecular complexity index is 2040. The minimum atomic E-state index is -0.147. The zero-order chi connectivity index (χ0) is 31.8. The molecular formula is C33H32Cl2N8O3. The Labute approximate surface area is 274 Å². The molecule has 2 saturated heterocycles. The molecule has 46 heavy (non-hydrogen) atoms. The van der Waals surface area contributed by atoms with Crippen LogP contribution < -0.4 is 26.8 Å². The molecular weight excluding hydrogens is 627 g/mol. The molecule has 4 N–H and O–H groups in total. The van der Waals surface area contributed by atoms with Crippen LogP contribution >= 0.6 is 23.2 Å². The van der Waals surface area contributed by atoms with E-state index in [4.69, 9.17) is 28.2 Å². The molecule has 2 amide bonds. The van der Waals surface area contributed by atoms with E-state index in [2.05, 4.69) is 26.3 Å². The molecule has 2 aliphatic rings. The maximum absolute atomic E-state index is 13.2. The predicted octanol–water partition coefficient (Wildman–Crippen LogP) is 3.72. The Balaban J connectivity index is 1.09. The molecule has 2 fully saturated rings. The van der Waals surface area contributed by atoms with Crippen LogP contribution in [0, 0.1) is 0 Å². The second kappa shape index (κ2) is 12.8. The molecule has 4 aromatic heterocycles. The fourth-order valence-electron chi connectivity index (χ4n) is 6.13. The van der Waals surface area contributed by atoms with Crippen molar-refractivity contribution in [2.75, 3.05) is 13.1 Å². The van der Waals surface area contributed by atoms with E-state index in [0.717, 1.165) is 40.8 Å². The number of aromatic nitrogens is 4. The van der Waals surface area contributed by atoms with Crippen LogP contribution in [0.1, 0.15) is 36.9 Å². The van der Waals surface area contributed by atoms with E-state index < -0.39 is 0 Å². The molecule has 0 bridgehead atoms. The minimum absolute atomic E-state index is 0.0660. The van der Waals surface area contributed by atoms with Crippen LogP contribution in [0.2, 0.25) is 10.2 Å². The van der Waals surface area contributed by atoms with Crippen molar-refractivity contribution in [3.63, 3.8) is 0 Å². The smallest absolute Gasteiger partial charge is 0.262 e. The normalized spacial score (nSPS) is 18.0. The Morgan fingerprint density at radius 1 is 0.804 bits per heavy atom. The molecule has 13 heteroatoms. The van der Waals surface area contributed by atoms with Gasteiger partial charge < -0.3 is 21.3 Å². The van der Waals surface area contributed by atoms with Crippen molar-refractivity contribution in [2.24, 2.45) is 0 Å². The SMILES string of the molecule is O=C1CC[C@@H](CNCc2nc3cc(-c4cccc(-c5ccn6c(=O)c(CNC[C@@H]7CCC(=O)N7)cnc6c5)c4Cl)ccn3c2Cl)N1. The van der Waals surface area contributed by atoms with Gasteiger partial charge in [0.2, 0.25) is 11.8 Å². The van der Waals surface area contributed by atoms with Crippen molar-refractivity contribution in [2.45, 2.75) is 50.9 Å². The second-order valence-corrected chi connectivity index (χ2v) is 12.5. The number of amides is 2. The largest absolute Gasteiger partial charge is 0.352 e. The molecule has 236 valence electrons. The number of benzene rings is 1. The Morgan fingerprint density at radius 3 is 2.04 bits per heavy atom. The molecule has 11 nitrogen and oxygen atoms in total. The molecule has 0 unspecified atom stereocenters. The van der Waals surface area contributed by atoms with E-state index in [1.165, 1.54) is 4.40 Å². The summed E-state index contributed by atoms with van der Waals surface area (Å²) in [6.45, 7) is 2.10. The zero-order valence-electron chi connectivity index (χ0n) is 24.9. The highest BCUT2D eigenvalue weighted by molar-refractivity contribution is 6.36. The van der Waals surface area contributed by atoms with Crippen LogP contribution in [-0.2, 0) is 22.7 Å². The molecule has 0 spiro atoms. The maximum Gasteiger partial charge on any atom is 0.262 e. The first-order valence-electron chi connectivity index (χ1n) is 15.3. The summed E-state index contributed by atoms with van der Waals surface area (Å²) in [6.07, 6.45) is 7.92. The molecule has 5 aromatic rings. The van der Waals surface area contributed by atoms with Crippen molar-refractivity contribution in [1.29, 1.82) is 0 Å². The van der Waals surface area contributed by atoms with Gasteiger partial charge in [0.25, 0.3) is 5.56 Å². The summed E-state index contributed by atoms with van der Waals surface area (Å²) < 4.78 is 3.36. The first kappa shape index (κ1) is 30.4. The number of fused-ring (bicyclic) bond motifs is 2. The summed E-state index contributed by atoms with van der Waals surface area (Å²) in [5, 5.41) is 13.6. The van der Waals surface area contributed by atoms with Gasteiger partial charge in [0.05, 0.1) is 10.7 Å². The lowest BCUT2D eigenvalue weighted by Gasteiger charge is -2.13. The van der Waals surface area contributed by atoms with Gasteiger partial charge >= 0.3 is 0 Å². The lowest BCUT2D eigenvalue weighted by atomic mass is 10.00. The average Bonchev–Trinajstić information content (AvgIpc) is 3.76. The summed E-state index contributed by atoms with van der Waals surface area (Å²) in [6, 6.07) is 13.7. The average molecular weight is 660 g/mol. The van der Waals surface area contributed by atoms with E-state index in [1.807, 2.05) is 53.1 Å². The number of pyridine rings is 2. The third kappa shape index (κ3) is 6.11. The number of rotatable bonds is 10. The lowest BCUT2D eigenvalue weighted by Crippen LogP contribution is -2.36. The number of nitrogens with one attached hydrogen (secondary N) is 4. The van der Waals surface area contributed by atoms with Crippen LogP contribution in [0.4, 0.5) is 0 Å². The van der Waals surface area contributed by atoms with E-state index in [9.17, 15) is 14.4 Å². The van der Waals surface area contributed by atoms with Crippen LogP contribution in [-0.4, -0.2) is 55.8 Å². The lowest BCUT2D eigenvalue weighted by molar-refractivity contribution is -0.120. The van der Waals surface area contributed by atoms with Crippen molar-refractivity contribution >= 4 is 46.3 Å². The summed E-state index contributed by atoms with van der Waals surface area (Å²) >= 11 is 13.7. The van der Waals surface area contributed by atoms with Crippen molar-refractivity contribution in [1.82, 2.24) is 40.0 Å². The van der Waals surface area contributed by atoms with Gasteiger partial charge in [-0.1, -0.05) is 41.4 Å². The monoisotopic (exact) mass is 658 g/mol. The first-order valence-corrected chi connectivity index (χ1v) is 16.1. The molecule has 0 radical (unpaired) electrons. The quantitative estimate of drug-likeness (QED) is 0.180. The number of carbonyl (C=O) groups excluding carboxylic acids is 2. The van der Waals surface area contributed by atoms with Crippen LogP contribution in [0.25, 0.3) is 33.5 Å². The van der Waals surface area contributed by atoms with Crippen LogP contribution in [0.15, 0.2) is 65.8 Å². The number of hydrogen-bond donors (Lipinski definition) is 4. The first-order chi connectivity index (χ1) is 22.3. The molecule has 0 aliphatic carbocycles. The highest BCUT2D eigenvalue weighted by Gasteiger charge is 2.22. The van der Waals surface area contributed by atoms with Gasteiger partial charge in [0, 0.05) is 86.4 Å². The van der Waals surface area contributed by atoms with Gasteiger partial charge in [-0.2, -0.15) is 0 Å². The third-order valence-electron chi connectivity index (χ3n) is 8.59. The standard InChI is InChI=1S/C33H32Cl2N8O3/c34-31-24(19-9-11-43-27(12-19)38-15-21(33(43)46)14-36-16-22-4-6-29(44)39-22)2-1-3-25(31)20-8-10-42-28(13-20)41-26(32(42)35)18-37-17-23-5-7-30(45)40-23/h1-3,8-13,15,22-23,36-37H,4-7,14,16-18H2,(H,39,44)(H,40,45)/t22-,23-/m0/s1. The van der Waals surface area contributed by atoms with E-state index >= 15 is 0 Å². The number of nitrogens with zero attached hydrogens (tertiary/aromatic N) is 4. The zero-order valence-corrected chi connectivity index (χ0v) is 26.4. The van der Waals surface area contributed by atoms with Crippen LogP contribution in [0.3, 0.4) is 0 Å². The summed E-state index contributed by atoms with van der Waals surface area (Å²) in [4.78, 5) is 45.4. The highest BCUT2D eigenvalue weighted by atomic mass is 35.5. The number of hydrogen-bond acceptors (Lipinski definition) is 7. The molecule has 1 aromatic carbocycles. The maximum atomic E-state index is 13.2. The fraction of sp³-hybridized carbons (Fsp3) is 0.303. The predicted molar refractivity (Wildman–Crippen MR) is 177 cm³/mol. The van der Waals surface area contributed by atoms with Crippen molar-refractivity contribution in [3.05, 3.63) is 92.8 Å². The van der Waals surface area contributed by atoms with E-state index in [0.29, 0.717) is 66.1 Å². The molecule has 0 saturated carbocycles. The van der Waals surface area contributed by atoms with Gasteiger partial charge in [0.1, 0.15) is 16.4 Å². The number of imidazole rings is 1.